The number of hydrogen-bond donors (Lipinski definition) is 0. The Hall–Kier alpha value is -2.23. The summed E-state index contributed by atoms with van der Waals surface area (Å²) in [5.41, 5.74) is 2.82. The standard InChI is InChI=1S/C22H25FN2O/c23-19-12-10-16(11-13-19)20-8-3-9-21(24-20)18-7-4-14-25(15-18)22(26)17-5-1-2-6-17/h3,8-13,17-18H,1-2,4-7,14-15H2/t18-/m0/s1. The van der Waals surface area contributed by atoms with Crippen LogP contribution < -0.4 is 0 Å². The van der Waals surface area contributed by atoms with E-state index in [0.717, 1.165) is 55.7 Å². The van der Waals surface area contributed by atoms with Crippen molar-refractivity contribution in [1.29, 1.82) is 0 Å². The molecule has 1 saturated heterocycles. The average molecular weight is 352 g/mol. The zero-order chi connectivity index (χ0) is 17.9. The zero-order valence-corrected chi connectivity index (χ0v) is 15.0. The fourth-order valence-corrected chi connectivity index (χ4v) is 4.31. The lowest BCUT2D eigenvalue weighted by atomic mass is 9.92. The normalized spacial score (nSPS) is 21.1. The molecular formula is C22H25FN2O. The lowest BCUT2D eigenvalue weighted by Gasteiger charge is -2.34. The first-order valence-corrected chi connectivity index (χ1v) is 9.72. The van der Waals surface area contributed by atoms with Gasteiger partial charge in [-0.15, -0.1) is 0 Å². The number of amides is 1. The first kappa shape index (κ1) is 17.2. The van der Waals surface area contributed by atoms with Crippen LogP contribution in [0.25, 0.3) is 11.3 Å². The van der Waals surface area contributed by atoms with Crippen LogP contribution in [0.15, 0.2) is 42.5 Å². The summed E-state index contributed by atoms with van der Waals surface area (Å²) in [7, 11) is 0. The highest BCUT2D eigenvalue weighted by Crippen LogP contribution is 2.31. The van der Waals surface area contributed by atoms with E-state index >= 15 is 0 Å². The van der Waals surface area contributed by atoms with Crippen molar-refractivity contribution < 1.29 is 9.18 Å². The van der Waals surface area contributed by atoms with Crippen LogP contribution in [0.3, 0.4) is 0 Å². The molecule has 136 valence electrons. The average Bonchev–Trinajstić information content (AvgIpc) is 3.23. The van der Waals surface area contributed by atoms with Gasteiger partial charge in [0.25, 0.3) is 0 Å². The summed E-state index contributed by atoms with van der Waals surface area (Å²) in [4.78, 5) is 19.7. The molecule has 4 rings (SSSR count). The van der Waals surface area contributed by atoms with Gasteiger partial charge in [-0.05, 0) is 62.1 Å². The number of hydrogen-bond acceptors (Lipinski definition) is 2. The van der Waals surface area contributed by atoms with Crippen LogP contribution in [0.1, 0.15) is 50.1 Å². The van der Waals surface area contributed by atoms with Crippen LogP contribution in [0.4, 0.5) is 4.39 Å². The van der Waals surface area contributed by atoms with E-state index in [4.69, 9.17) is 4.98 Å². The van der Waals surface area contributed by atoms with Crippen molar-refractivity contribution in [2.75, 3.05) is 13.1 Å². The van der Waals surface area contributed by atoms with E-state index in [1.54, 1.807) is 12.1 Å². The van der Waals surface area contributed by atoms with Crippen molar-refractivity contribution >= 4 is 5.91 Å². The van der Waals surface area contributed by atoms with Gasteiger partial charge in [-0.1, -0.05) is 18.9 Å². The molecule has 1 saturated carbocycles. The van der Waals surface area contributed by atoms with Gasteiger partial charge in [0.15, 0.2) is 0 Å². The number of benzene rings is 1. The topological polar surface area (TPSA) is 33.2 Å². The highest BCUT2D eigenvalue weighted by Gasteiger charge is 2.31. The molecule has 0 unspecified atom stereocenters. The highest BCUT2D eigenvalue weighted by atomic mass is 19.1. The Labute approximate surface area is 154 Å². The molecule has 2 aliphatic rings. The minimum Gasteiger partial charge on any atom is -0.342 e. The molecule has 2 heterocycles. The van der Waals surface area contributed by atoms with Crippen molar-refractivity contribution in [2.45, 2.75) is 44.4 Å². The molecule has 0 radical (unpaired) electrons. The van der Waals surface area contributed by atoms with E-state index in [-0.39, 0.29) is 17.7 Å². The molecule has 2 fully saturated rings. The van der Waals surface area contributed by atoms with Gasteiger partial charge in [0.1, 0.15) is 5.82 Å². The first-order chi connectivity index (χ1) is 12.7. The van der Waals surface area contributed by atoms with Crippen molar-refractivity contribution in [1.82, 2.24) is 9.88 Å². The monoisotopic (exact) mass is 352 g/mol. The predicted octanol–water partition coefficient (Wildman–Crippen LogP) is 4.78. The van der Waals surface area contributed by atoms with Crippen molar-refractivity contribution in [3.05, 3.63) is 54.0 Å². The molecule has 0 N–H and O–H groups in total. The van der Waals surface area contributed by atoms with Crippen molar-refractivity contribution in [2.24, 2.45) is 5.92 Å². The molecule has 1 aliphatic carbocycles. The van der Waals surface area contributed by atoms with E-state index < -0.39 is 0 Å². The summed E-state index contributed by atoms with van der Waals surface area (Å²) >= 11 is 0. The predicted molar refractivity (Wildman–Crippen MR) is 100 cm³/mol. The maximum absolute atomic E-state index is 13.2. The maximum atomic E-state index is 13.2. The quantitative estimate of drug-likeness (QED) is 0.796. The molecule has 1 aromatic heterocycles. The van der Waals surface area contributed by atoms with Crippen molar-refractivity contribution in [3.63, 3.8) is 0 Å². The third-order valence-electron chi connectivity index (χ3n) is 5.77. The molecule has 0 bridgehead atoms. The summed E-state index contributed by atoms with van der Waals surface area (Å²) in [6, 6.07) is 12.5. The molecule has 26 heavy (non-hydrogen) atoms. The SMILES string of the molecule is O=C(C1CCCC1)N1CCC[C@H](c2cccc(-c3ccc(F)cc3)n2)C1. The van der Waals surface area contributed by atoms with Crippen LogP contribution in [-0.2, 0) is 4.79 Å². The number of carbonyl (C=O) groups excluding carboxylic acids is 1. The molecule has 1 atom stereocenters. The molecule has 0 spiro atoms. The largest absolute Gasteiger partial charge is 0.342 e. The molecule has 2 aromatic rings. The first-order valence-electron chi connectivity index (χ1n) is 9.72. The van der Waals surface area contributed by atoms with Crippen LogP contribution in [-0.4, -0.2) is 28.9 Å². The summed E-state index contributed by atoms with van der Waals surface area (Å²) in [5, 5.41) is 0. The number of aromatic nitrogens is 1. The molecule has 3 nitrogen and oxygen atoms in total. The maximum Gasteiger partial charge on any atom is 0.225 e. The van der Waals surface area contributed by atoms with Crippen LogP contribution >= 0.6 is 0 Å². The van der Waals surface area contributed by atoms with Gasteiger partial charge in [-0.2, -0.15) is 0 Å². The Morgan fingerprint density at radius 2 is 1.77 bits per heavy atom. The number of nitrogens with zero attached hydrogens (tertiary/aromatic N) is 2. The number of pyridine rings is 1. The van der Waals surface area contributed by atoms with Gasteiger partial charge in [0.05, 0.1) is 5.69 Å². The summed E-state index contributed by atoms with van der Waals surface area (Å²) < 4.78 is 13.2. The summed E-state index contributed by atoms with van der Waals surface area (Å²) in [5.74, 6) is 0.641. The van der Waals surface area contributed by atoms with Crippen LogP contribution in [0, 0.1) is 11.7 Å². The van der Waals surface area contributed by atoms with Gasteiger partial charge in [-0.25, -0.2) is 4.39 Å². The second-order valence-corrected chi connectivity index (χ2v) is 7.56. The molecule has 1 amide bonds. The van der Waals surface area contributed by atoms with Gasteiger partial charge >= 0.3 is 0 Å². The van der Waals surface area contributed by atoms with E-state index in [2.05, 4.69) is 11.0 Å². The summed E-state index contributed by atoms with van der Waals surface area (Å²) in [6.07, 6.45) is 6.58. The van der Waals surface area contributed by atoms with Crippen LogP contribution in [0.5, 0.6) is 0 Å². The number of piperidine rings is 1. The molecular weight excluding hydrogens is 327 g/mol. The van der Waals surface area contributed by atoms with Crippen molar-refractivity contribution in [3.8, 4) is 11.3 Å². The fourth-order valence-electron chi connectivity index (χ4n) is 4.31. The number of carbonyl (C=O) groups is 1. The molecule has 1 aromatic carbocycles. The van der Waals surface area contributed by atoms with E-state index in [1.165, 1.54) is 25.0 Å². The number of rotatable bonds is 3. The fraction of sp³-hybridized carbons (Fsp3) is 0.455. The number of halogens is 1. The smallest absolute Gasteiger partial charge is 0.225 e. The zero-order valence-electron chi connectivity index (χ0n) is 15.0. The van der Waals surface area contributed by atoms with E-state index in [9.17, 15) is 9.18 Å². The Bertz CT molecular complexity index is 768. The molecule has 4 heteroatoms. The van der Waals surface area contributed by atoms with E-state index in [0.29, 0.717) is 5.91 Å². The highest BCUT2D eigenvalue weighted by molar-refractivity contribution is 5.79. The second kappa shape index (κ2) is 7.56. The Balaban J connectivity index is 1.50. The minimum absolute atomic E-state index is 0.238. The lowest BCUT2D eigenvalue weighted by Crippen LogP contribution is -2.42. The van der Waals surface area contributed by atoms with Gasteiger partial charge in [0, 0.05) is 36.2 Å². The lowest BCUT2D eigenvalue weighted by molar-refractivity contribution is -0.136. The molecule has 1 aliphatic heterocycles. The Morgan fingerprint density at radius 3 is 2.54 bits per heavy atom. The Morgan fingerprint density at radius 1 is 1.00 bits per heavy atom. The summed E-state index contributed by atoms with van der Waals surface area (Å²) in [6.45, 7) is 1.65. The third-order valence-corrected chi connectivity index (χ3v) is 5.77. The second-order valence-electron chi connectivity index (χ2n) is 7.56. The number of likely N-dealkylation sites (tertiary alicyclic amines) is 1. The third kappa shape index (κ3) is 3.64. The van der Waals surface area contributed by atoms with Crippen LogP contribution in [0.2, 0.25) is 0 Å². The van der Waals surface area contributed by atoms with Gasteiger partial charge < -0.3 is 4.90 Å². The van der Waals surface area contributed by atoms with Gasteiger partial charge in [0.2, 0.25) is 5.91 Å². The van der Waals surface area contributed by atoms with Gasteiger partial charge in [-0.3, -0.25) is 9.78 Å². The minimum atomic E-state index is -0.238. The van der Waals surface area contributed by atoms with E-state index in [1.807, 2.05) is 12.1 Å². The Kier molecular flexibility index (Phi) is 5.00.